The number of rotatable bonds is 9. The summed E-state index contributed by atoms with van der Waals surface area (Å²) in [5, 5.41) is 12.9. The predicted octanol–water partition coefficient (Wildman–Crippen LogP) is 5.40. The second kappa shape index (κ2) is 10.6. The van der Waals surface area contributed by atoms with E-state index in [2.05, 4.69) is 55.1 Å². The normalized spacial score (nSPS) is 18.3. The molecule has 0 aromatic heterocycles. The fraction of sp³-hybridized carbons (Fsp3) is 0.520. The number of nitrogens with zero attached hydrogens (tertiary/aromatic N) is 1. The van der Waals surface area contributed by atoms with Crippen LogP contribution in [0.3, 0.4) is 0 Å². The minimum atomic E-state index is -0.922. The fourth-order valence-corrected chi connectivity index (χ4v) is 4.39. The molecule has 1 saturated heterocycles. The summed E-state index contributed by atoms with van der Waals surface area (Å²) in [6, 6.07) is 16.6. The third-order valence-corrected chi connectivity index (χ3v) is 6.42. The molecule has 0 amide bonds. The number of morpholine rings is 1. The van der Waals surface area contributed by atoms with E-state index in [1.165, 1.54) is 5.56 Å². The molecule has 1 aliphatic heterocycles. The summed E-state index contributed by atoms with van der Waals surface area (Å²) in [5.74, 6) is -0.0307. The maximum atomic E-state index is 12.2. The van der Waals surface area contributed by atoms with E-state index in [1.807, 2.05) is 12.1 Å². The van der Waals surface area contributed by atoms with Gasteiger partial charge in [-0.2, -0.15) is 0 Å². The average molecular weight is 416 g/mol. The molecule has 2 aromatic carbocycles. The molecule has 3 rings (SSSR count). The van der Waals surface area contributed by atoms with E-state index < -0.39 is 5.60 Å². The van der Waals surface area contributed by atoms with Crippen LogP contribution in [0.5, 0.6) is 0 Å². The Morgan fingerprint density at radius 1 is 1.03 bits per heavy atom. The van der Waals surface area contributed by atoms with E-state index in [-0.39, 0.29) is 5.92 Å². The summed E-state index contributed by atoms with van der Waals surface area (Å²) in [6.45, 7) is 8.47. The van der Waals surface area contributed by atoms with Crippen molar-refractivity contribution in [1.29, 1.82) is 0 Å². The fourth-order valence-electron chi connectivity index (χ4n) is 4.26. The number of unbranched alkanes of at least 4 members (excludes halogenated alkanes) is 1. The molecule has 0 radical (unpaired) electrons. The Hall–Kier alpha value is -1.39. The van der Waals surface area contributed by atoms with Crippen LogP contribution in [0, 0.1) is 0 Å². The summed E-state index contributed by atoms with van der Waals surface area (Å²) < 4.78 is 5.54. The molecule has 1 heterocycles. The van der Waals surface area contributed by atoms with Crippen molar-refractivity contribution in [1.82, 2.24) is 4.90 Å². The first kappa shape index (κ1) is 22.3. The molecule has 1 aliphatic rings. The van der Waals surface area contributed by atoms with Gasteiger partial charge in [-0.15, -0.1) is 0 Å². The smallest absolute Gasteiger partial charge is 0.0977 e. The molecule has 3 nitrogen and oxygen atoms in total. The molecule has 2 aromatic rings. The number of hydrogen-bond donors (Lipinski definition) is 1. The SMILES string of the molecule is CCCC[C@@](O)(c1ccc(CC)cc1)[C@@H](CN1CCOCC1)c1ccc(Cl)cc1. The molecule has 1 fully saturated rings. The monoisotopic (exact) mass is 415 g/mol. The number of aryl methyl sites for hydroxylation is 1. The van der Waals surface area contributed by atoms with E-state index in [1.54, 1.807) is 0 Å². The van der Waals surface area contributed by atoms with Gasteiger partial charge in [-0.3, -0.25) is 4.90 Å². The van der Waals surface area contributed by atoms with Crippen molar-refractivity contribution in [2.24, 2.45) is 0 Å². The number of benzene rings is 2. The van der Waals surface area contributed by atoms with Crippen molar-refractivity contribution < 1.29 is 9.84 Å². The van der Waals surface area contributed by atoms with Crippen molar-refractivity contribution in [2.45, 2.75) is 51.0 Å². The number of hydrogen-bond acceptors (Lipinski definition) is 3. The molecular weight excluding hydrogens is 382 g/mol. The number of halogens is 1. The Labute approximate surface area is 180 Å². The van der Waals surface area contributed by atoms with Crippen molar-refractivity contribution in [2.75, 3.05) is 32.8 Å². The van der Waals surface area contributed by atoms with Gasteiger partial charge in [0.2, 0.25) is 0 Å². The van der Waals surface area contributed by atoms with Crippen molar-refractivity contribution in [3.8, 4) is 0 Å². The summed E-state index contributed by atoms with van der Waals surface area (Å²) in [4.78, 5) is 2.42. The van der Waals surface area contributed by atoms with Gasteiger partial charge in [-0.1, -0.05) is 74.7 Å². The van der Waals surface area contributed by atoms with Crippen molar-refractivity contribution in [3.63, 3.8) is 0 Å². The van der Waals surface area contributed by atoms with E-state index >= 15 is 0 Å². The zero-order chi connectivity index (χ0) is 20.7. The van der Waals surface area contributed by atoms with Crippen LogP contribution in [-0.4, -0.2) is 42.9 Å². The lowest BCUT2D eigenvalue weighted by atomic mass is 9.73. The van der Waals surface area contributed by atoms with E-state index in [4.69, 9.17) is 16.3 Å². The lowest BCUT2D eigenvalue weighted by Crippen LogP contribution is -2.45. The molecule has 4 heteroatoms. The van der Waals surface area contributed by atoms with Crippen molar-refractivity contribution >= 4 is 11.6 Å². The van der Waals surface area contributed by atoms with Crippen LogP contribution >= 0.6 is 11.6 Å². The quantitative estimate of drug-likeness (QED) is 0.595. The van der Waals surface area contributed by atoms with E-state index in [0.717, 1.165) is 74.7 Å². The number of ether oxygens (including phenoxy) is 1. The molecule has 0 saturated carbocycles. The highest BCUT2D eigenvalue weighted by Gasteiger charge is 2.40. The molecule has 0 aliphatic carbocycles. The van der Waals surface area contributed by atoms with Gasteiger partial charge in [0.1, 0.15) is 0 Å². The van der Waals surface area contributed by atoms with Gasteiger partial charge >= 0.3 is 0 Å². The van der Waals surface area contributed by atoms with Gasteiger partial charge < -0.3 is 9.84 Å². The molecule has 1 N–H and O–H groups in total. The van der Waals surface area contributed by atoms with Crippen LogP contribution in [0.4, 0.5) is 0 Å². The topological polar surface area (TPSA) is 32.7 Å². The molecular formula is C25H34ClNO2. The molecule has 158 valence electrons. The standard InChI is InChI=1S/C25H34ClNO2/c1-3-5-14-25(28,22-10-6-20(4-2)7-11-22)24(19-27-15-17-29-18-16-27)21-8-12-23(26)13-9-21/h6-13,24,28H,3-5,14-19H2,1-2H3/t24-,25+/m0/s1. The first-order chi connectivity index (χ1) is 14.1. The lowest BCUT2D eigenvalue weighted by Gasteiger charge is -2.41. The lowest BCUT2D eigenvalue weighted by molar-refractivity contribution is -0.0293. The highest BCUT2D eigenvalue weighted by Crippen LogP contribution is 2.42. The largest absolute Gasteiger partial charge is 0.384 e. The minimum absolute atomic E-state index is 0.0307. The highest BCUT2D eigenvalue weighted by molar-refractivity contribution is 6.30. The molecule has 29 heavy (non-hydrogen) atoms. The van der Waals surface area contributed by atoms with Gasteiger partial charge in [0.25, 0.3) is 0 Å². The second-order valence-corrected chi connectivity index (χ2v) is 8.53. The maximum absolute atomic E-state index is 12.2. The Balaban J connectivity index is 2.00. The molecule has 0 spiro atoms. The zero-order valence-electron chi connectivity index (χ0n) is 17.7. The van der Waals surface area contributed by atoms with Crippen LogP contribution < -0.4 is 0 Å². The van der Waals surface area contributed by atoms with Gasteiger partial charge in [0, 0.05) is 30.6 Å². The summed E-state index contributed by atoms with van der Waals surface area (Å²) >= 11 is 6.17. The van der Waals surface area contributed by atoms with Gasteiger partial charge in [-0.25, -0.2) is 0 Å². The molecule has 0 bridgehead atoms. The Morgan fingerprint density at radius 3 is 2.28 bits per heavy atom. The van der Waals surface area contributed by atoms with Crippen LogP contribution in [0.1, 0.15) is 55.7 Å². The van der Waals surface area contributed by atoms with Crippen LogP contribution in [0.2, 0.25) is 5.02 Å². The Kier molecular flexibility index (Phi) is 8.14. The highest BCUT2D eigenvalue weighted by atomic mass is 35.5. The molecule has 0 unspecified atom stereocenters. The van der Waals surface area contributed by atoms with Crippen molar-refractivity contribution in [3.05, 3.63) is 70.2 Å². The number of aliphatic hydroxyl groups is 1. The zero-order valence-corrected chi connectivity index (χ0v) is 18.5. The Bertz CT molecular complexity index is 740. The summed E-state index contributed by atoms with van der Waals surface area (Å²) in [5.41, 5.74) is 2.52. The van der Waals surface area contributed by atoms with Crippen LogP contribution in [-0.2, 0) is 16.8 Å². The third-order valence-electron chi connectivity index (χ3n) is 6.17. The van der Waals surface area contributed by atoms with Gasteiger partial charge in [0.05, 0.1) is 18.8 Å². The predicted molar refractivity (Wildman–Crippen MR) is 121 cm³/mol. The first-order valence-electron chi connectivity index (χ1n) is 10.9. The molecule has 2 atom stereocenters. The third kappa shape index (κ3) is 5.61. The first-order valence-corrected chi connectivity index (χ1v) is 11.3. The van der Waals surface area contributed by atoms with Crippen LogP contribution in [0.25, 0.3) is 0 Å². The van der Waals surface area contributed by atoms with Gasteiger partial charge in [-0.05, 0) is 41.7 Å². The minimum Gasteiger partial charge on any atom is -0.384 e. The summed E-state index contributed by atoms with van der Waals surface area (Å²) in [7, 11) is 0. The average Bonchev–Trinajstić information content (AvgIpc) is 2.77. The second-order valence-electron chi connectivity index (χ2n) is 8.10. The maximum Gasteiger partial charge on any atom is 0.0977 e. The summed E-state index contributed by atoms with van der Waals surface area (Å²) in [6.07, 6.45) is 3.79. The van der Waals surface area contributed by atoms with E-state index in [0.29, 0.717) is 0 Å². The van der Waals surface area contributed by atoms with E-state index in [9.17, 15) is 5.11 Å². The van der Waals surface area contributed by atoms with Crippen LogP contribution in [0.15, 0.2) is 48.5 Å². The Morgan fingerprint density at radius 2 is 1.69 bits per heavy atom. The van der Waals surface area contributed by atoms with Gasteiger partial charge in [0.15, 0.2) is 0 Å².